The molecule has 0 spiro atoms. The van der Waals surface area contributed by atoms with Crippen molar-refractivity contribution in [3.05, 3.63) is 0 Å². The van der Waals surface area contributed by atoms with Crippen LogP contribution in [0.2, 0.25) is 0 Å². The van der Waals surface area contributed by atoms with Gasteiger partial charge >= 0.3 is 0 Å². The zero-order valence-corrected chi connectivity index (χ0v) is 7.76. The van der Waals surface area contributed by atoms with Crippen molar-refractivity contribution >= 4 is 10.2 Å². The number of rotatable bonds is 2. The Hall–Kier alpha value is -0.170. The van der Waals surface area contributed by atoms with E-state index >= 15 is 0 Å². The van der Waals surface area contributed by atoms with Gasteiger partial charge in [-0.05, 0) is 12.8 Å². The minimum absolute atomic E-state index is 0.0891. The van der Waals surface area contributed by atoms with Crippen molar-refractivity contribution in [1.29, 1.82) is 0 Å². The van der Waals surface area contributed by atoms with Gasteiger partial charge in [-0.2, -0.15) is 12.7 Å². The van der Waals surface area contributed by atoms with E-state index in [2.05, 4.69) is 0 Å². The van der Waals surface area contributed by atoms with Crippen LogP contribution in [-0.4, -0.2) is 31.9 Å². The molecule has 1 heterocycles. The molecule has 0 aromatic carbocycles. The van der Waals surface area contributed by atoms with Crippen LogP contribution in [0.3, 0.4) is 0 Å². The van der Waals surface area contributed by atoms with E-state index in [0.717, 1.165) is 19.3 Å². The van der Waals surface area contributed by atoms with Gasteiger partial charge in [-0.15, -0.1) is 0 Å². The van der Waals surface area contributed by atoms with Crippen molar-refractivity contribution in [3.63, 3.8) is 0 Å². The normalized spacial score (nSPS) is 27.3. The highest BCUT2D eigenvalue weighted by Gasteiger charge is 2.28. The lowest BCUT2D eigenvalue weighted by Gasteiger charge is -2.32. The highest BCUT2D eigenvalue weighted by Crippen LogP contribution is 2.17. The molecule has 4 N–H and O–H groups in total. The van der Waals surface area contributed by atoms with E-state index in [9.17, 15) is 8.42 Å². The first kappa shape index (κ1) is 9.91. The molecule has 1 saturated heterocycles. The molecule has 1 atom stereocenters. The standard InChI is InChI=1S/C6H15N3O2S/c7-5-6-3-1-2-4-9(6)12(8,10)11/h6H,1-5,7H2,(H2,8,10,11). The summed E-state index contributed by atoms with van der Waals surface area (Å²) in [7, 11) is -3.53. The molecule has 1 aliphatic heterocycles. The Kier molecular flexibility index (Phi) is 3.05. The van der Waals surface area contributed by atoms with Crippen molar-refractivity contribution in [2.75, 3.05) is 13.1 Å². The molecule has 0 bridgehead atoms. The third-order valence-corrected chi connectivity index (χ3v) is 3.31. The molecule has 0 aliphatic carbocycles. The predicted octanol–water partition coefficient (Wildman–Crippen LogP) is -0.997. The Morgan fingerprint density at radius 2 is 2.08 bits per heavy atom. The average molecular weight is 193 g/mol. The summed E-state index contributed by atoms with van der Waals surface area (Å²) in [4.78, 5) is 0. The summed E-state index contributed by atoms with van der Waals surface area (Å²) in [6.45, 7) is 0.872. The van der Waals surface area contributed by atoms with Crippen LogP contribution in [-0.2, 0) is 10.2 Å². The van der Waals surface area contributed by atoms with E-state index in [0.29, 0.717) is 13.1 Å². The van der Waals surface area contributed by atoms with Crippen LogP contribution in [0, 0.1) is 0 Å². The Labute approximate surface area is 72.9 Å². The summed E-state index contributed by atoms with van der Waals surface area (Å²) in [5.41, 5.74) is 5.43. The van der Waals surface area contributed by atoms with Crippen LogP contribution in [0.25, 0.3) is 0 Å². The first-order valence-electron chi connectivity index (χ1n) is 4.05. The van der Waals surface area contributed by atoms with Crippen LogP contribution in [0.1, 0.15) is 19.3 Å². The summed E-state index contributed by atoms with van der Waals surface area (Å²) in [5.74, 6) is 0. The van der Waals surface area contributed by atoms with Crippen LogP contribution >= 0.6 is 0 Å². The molecule has 0 radical (unpaired) electrons. The highest BCUT2D eigenvalue weighted by molar-refractivity contribution is 7.86. The fourth-order valence-electron chi connectivity index (χ4n) is 1.54. The van der Waals surface area contributed by atoms with Gasteiger partial charge in [0.25, 0.3) is 10.2 Å². The third-order valence-electron chi connectivity index (χ3n) is 2.17. The first-order chi connectivity index (χ1) is 5.55. The Morgan fingerprint density at radius 3 is 2.50 bits per heavy atom. The maximum absolute atomic E-state index is 11.0. The smallest absolute Gasteiger partial charge is 0.277 e. The number of nitrogens with two attached hydrogens (primary N) is 2. The average Bonchev–Trinajstić information content (AvgIpc) is 2.03. The summed E-state index contributed by atoms with van der Waals surface area (Å²) in [6.07, 6.45) is 2.74. The van der Waals surface area contributed by atoms with Crippen LogP contribution in [0.5, 0.6) is 0 Å². The second-order valence-corrected chi connectivity index (χ2v) is 4.54. The largest absolute Gasteiger partial charge is 0.329 e. The van der Waals surface area contributed by atoms with Crippen molar-refractivity contribution in [2.45, 2.75) is 25.3 Å². The predicted molar refractivity (Wildman–Crippen MR) is 46.5 cm³/mol. The van der Waals surface area contributed by atoms with E-state index in [4.69, 9.17) is 10.9 Å². The third kappa shape index (κ3) is 2.16. The lowest BCUT2D eigenvalue weighted by Crippen LogP contribution is -2.49. The summed E-state index contributed by atoms with van der Waals surface area (Å²) in [5, 5.41) is 5.02. The van der Waals surface area contributed by atoms with Gasteiger partial charge in [0.15, 0.2) is 0 Å². The number of hydrogen-bond donors (Lipinski definition) is 2. The fourth-order valence-corrected chi connectivity index (χ4v) is 2.54. The second-order valence-electron chi connectivity index (χ2n) is 3.04. The molecular weight excluding hydrogens is 178 g/mol. The van der Waals surface area contributed by atoms with Gasteiger partial charge in [-0.25, -0.2) is 5.14 Å². The molecule has 1 fully saturated rings. The molecule has 0 saturated carbocycles. The topological polar surface area (TPSA) is 89.4 Å². The van der Waals surface area contributed by atoms with E-state index < -0.39 is 10.2 Å². The molecule has 0 aromatic rings. The molecule has 72 valence electrons. The van der Waals surface area contributed by atoms with Crippen molar-refractivity contribution < 1.29 is 8.42 Å². The van der Waals surface area contributed by atoms with E-state index in [1.165, 1.54) is 4.31 Å². The molecular formula is C6H15N3O2S. The molecule has 0 amide bonds. The molecule has 1 rings (SSSR count). The van der Waals surface area contributed by atoms with Crippen molar-refractivity contribution in [2.24, 2.45) is 10.9 Å². The fraction of sp³-hybridized carbons (Fsp3) is 1.00. The highest BCUT2D eigenvalue weighted by atomic mass is 32.2. The zero-order chi connectivity index (χ0) is 9.19. The Bertz CT molecular complexity index is 239. The maximum Gasteiger partial charge on any atom is 0.277 e. The molecule has 1 aliphatic rings. The van der Waals surface area contributed by atoms with Gasteiger partial charge in [-0.1, -0.05) is 6.42 Å². The maximum atomic E-state index is 11.0. The second kappa shape index (κ2) is 3.69. The minimum Gasteiger partial charge on any atom is -0.329 e. The number of hydrogen-bond acceptors (Lipinski definition) is 3. The van der Waals surface area contributed by atoms with Gasteiger partial charge in [0, 0.05) is 19.1 Å². The lowest BCUT2D eigenvalue weighted by molar-refractivity contribution is 0.258. The summed E-state index contributed by atoms with van der Waals surface area (Å²) < 4.78 is 23.3. The minimum atomic E-state index is -3.53. The van der Waals surface area contributed by atoms with Gasteiger partial charge in [0.2, 0.25) is 0 Å². The van der Waals surface area contributed by atoms with Crippen molar-refractivity contribution in [1.82, 2.24) is 4.31 Å². The Morgan fingerprint density at radius 1 is 1.42 bits per heavy atom. The van der Waals surface area contributed by atoms with Gasteiger partial charge < -0.3 is 5.73 Å². The molecule has 6 heteroatoms. The molecule has 12 heavy (non-hydrogen) atoms. The van der Waals surface area contributed by atoms with E-state index in [1.54, 1.807) is 0 Å². The van der Waals surface area contributed by atoms with Crippen LogP contribution in [0.4, 0.5) is 0 Å². The van der Waals surface area contributed by atoms with Gasteiger partial charge in [-0.3, -0.25) is 0 Å². The summed E-state index contributed by atoms with van der Waals surface area (Å²) >= 11 is 0. The molecule has 0 aromatic heterocycles. The van der Waals surface area contributed by atoms with Crippen molar-refractivity contribution in [3.8, 4) is 0 Å². The number of piperidine rings is 1. The quantitative estimate of drug-likeness (QED) is 0.589. The van der Waals surface area contributed by atoms with Crippen LogP contribution < -0.4 is 10.9 Å². The lowest BCUT2D eigenvalue weighted by atomic mass is 10.1. The van der Waals surface area contributed by atoms with Gasteiger partial charge in [0.05, 0.1) is 0 Å². The first-order valence-corrected chi connectivity index (χ1v) is 5.55. The molecule has 1 unspecified atom stereocenters. The number of nitrogens with zero attached hydrogens (tertiary/aromatic N) is 1. The summed E-state index contributed by atoms with van der Waals surface area (Å²) in [6, 6.07) is -0.0891. The van der Waals surface area contributed by atoms with Gasteiger partial charge in [0.1, 0.15) is 0 Å². The van der Waals surface area contributed by atoms with E-state index in [1.807, 2.05) is 0 Å². The molecule has 5 nitrogen and oxygen atoms in total. The monoisotopic (exact) mass is 193 g/mol. The van der Waals surface area contributed by atoms with Crippen LogP contribution in [0.15, 0.2) is 0 Å². The SMILES string of the molecule is NCC1CCCCN1S(N)(=O)=O. The van der Waals surface area contributed by atoms with E-state index in [-0.39, 0.29) is 6.04 Å². The Balaban J connectivity index is 2.72. The zero-order valence-electron chi connectivity index (χ0n) is 6.94.